The molecule has 0 bridgehead atoms. The minimum atomic E-state index is 0.0828. The summed E-state index contributed by atoms with van der Waals surface area (Å²) in [6, 6.07) is 0.245. The largest absolute Gasteiger partial charge is 0.315 e. The molecule has 0 aromatic carbocycles. The van der Waals surface area contributed by atoms with Gasteiger partial charge in [0.2, 0.25) is 5.91 Å². The first-order valence-electron chi connectivity index (χ1n) is 5.88. The summed E-state index contributed by atoms with van der Waals surface area (Å²) in [6.07, 6.45) is 2.82. The number of piperidine rings is 1. The Balaban J connectivity index is 1.95. The minimum Gasteiger partial charge on any atom is -0.315 e. The molecule has 2 aliphatic rings. The molecule has 2 rings (SSSR count). The van der Waals surface area contributed by atoms with Crippen LogP contribution in [0.1, 0.15) is 33.1 Å². The lowest BCUT2D eigenvalue weighted by Gasteiger charge is -2.30. The third-order valence-corrected chi connectivity index (χ3v) is 3.22. The minimum absolute atomic E-state index is 0.0828. The second kappa shape index (κ2) is 4.49. The van der Waals surface area contributed by atoms with Crippen molar-refractivity contribution in [1.82, 2.24) is 10.4 Å². The predicted octanol–water partition coefficient (Wildman–Crippen LogP) is 0.927. The van der Waals surface area contributed by atoms with E-state index in [0.717, 1.165) is 25.9 Å². The second-order valence-corrected chi connectivity index (χ2v) is 4.81. The standard InChI is InChI=1S/C11H20N2O2/c1-8(2)10-6-11(14)13(15-10)9-4-3-5-12-7-9/h8-10,12H,3-7H2,1-2H3. The van der Waals surface area contributed by atoms with Crippen LogP contribution in [0.25, 0.3) is 0 Å². The highest BCUT2D eigenvalue weighted by Crippen LogP contribution is 2.25. The van der Waals surface area contributed by atoms with E-state index in [0.29, 0.717) is 12.3 Å². The van der Waals surface area contributed by atoms with Crippen LogP contribution in [-0.4, -0.2) is 36.2 Å². The Labute approximate surface area is 90.9 Å². The maximum Gasteiger partial charge on any atom is 0.249 e. The average Bonchev–Trinajstić information content (AvgIpc) is 2.62. The fourth-order valence-corrected chi connectivity index (χ4v) is 2.18. The summed E-state index contributed by atoms with van der Waals surface area (Å²) in [5, 5.41) is 4.92. The molecule has 0 aromatic heterocycles. The third-order valence-electron chi connectivity index (χ3n) is 3.22. The van der Waals surface area contributed by atoms with Gasteiger partial charge in [-0.15, -0.1) is 0 Å². The number of hydrogen-bond donors (Lipinski definition) is 1. The molecular formula is C11H20N2O2. The SMILES string of the molecule is CC(C)C1CC(=O)N(C2CCCNC2)O1. The quantitative estimate of drug-likeness (QED) is 0.740. The highest BCUT2D eigenvalue weighted by molar-refractivity contribution is 5.77. The van der Waals surface area contributed by atoms with Crippen molar-refractivity contribution in [3.05, 3.63) is 0 Å². The van der Waals surface area contributed by atoms with Gasteiger partial charge in [0.05, 0.1) is 18.6 Å². The molecule has 1 amide bonds. The van der Waals surface area contributed by atoms with Crippen molar-refractivity contribution < 1.29 is 9.63 Å². The fourth-order valence-electron chi connectivity index (χ4n) is 2.18. The average molecular weight is 212 g/mol. The number of nitrogens with zero attached hydrogens (tertiary/aromatic N) is 1. The molecule has 2 unspecified atom stereocenters. The van der Waals surface area contributed by atoms with E-state index in [9.17, 15) is 4.79 Å². The molecule has 2 heterocycles. The van der Waals surface area contributed by atoms with Crippen molar-refractivity contribution in [3.63, 3.8) is 0 Å². The van der Waals surface area contributed by atoms with Gasteiger partial charge in [0.1, 0.15) is 0 Å². The molecule has 2 atom stereocenters. The summed E-state index contributed by atoms with van der Waals surface area (Å²) < 4.78 is 0. The van der Waals surface area contributed by atoms with Crippen LogP contribution < -0.4 is 5.32 Å². The molecule has 1 N–H and O–H groups in total. The van der Waals surface area contributed by atoms with Crippen molar-refractivity contribution >= 4 is 5.91 Å². The van der Waals surface area contributed by atoms with Crippen molar-refractivity contribution in [2.24, 2.45) is 5.92 Å². The summed E-state index contributed by atoms with van der Waals surface area (Å²) in [6.45, 7) is 6.13. The number of amides is 1. The number of nitrogens with one attached hydrogen (secondary N) is 1. The molecule has 2 fully saturated rings. The number of hydroxylamine groups is 2. The van der Waals surface area contributed by atoms with Crippen LogP contribution in [0.5, 0.6) is 0 Å². The van der Waals surface area contributed by atoms with Gasteiger partial charge in [0, 0.05) is 6.54 Å². The molecule has 0 radical (unpaired) electrons. The van der Waals surface area contributed by atoms with Gasteiger partial charge in [-0.1, -0.05) is 13.8 Å². The lowest BCUT2D eigenvalue weighted by atomic mass is 10.0. The molecule has 0 spiro atoms. The van der Waals surface area contributed by atoms with Gasteiger partial charge >= 0.3 is 0 Å². The van der Waals surface area contributed by atoms with Crippen LogP contribution >= 0.6 is 0 Å². The first kappa shape index (κ1) is 10.9. The zero-order valence-electron chi connectivity index (χ0n) is 9.53. The highest BCUT2D eigenvalue weighted by atomic mass is 16.7. The van der Waals surface area contributed by atoms with Crippen LogP contribution in [-0.2, 0) is 9.63 Å². The lowest BCUT2D eigenvalue weighted by molar-refractivity contribution is -0.194. The smallest absolute Gasteiger partial charge is 0.249 e. The number of rotatable bonds is 2. The molecule has 0 aromatic rings. The molecule has 86 valence electrons. The van der Waals surface area contributed by atoms with Crippen molar-refractivity contribution in [2.75, 3.05) is 13.1 Å². The van der Waals surface area contributed by atoms with E-state index < -0.39 is 0 Å². The van der Waals surface area contributed by atoms with E-state index >= 15 is 0 Å². The Bertz CT molecular complexity index is 237. The van der Waals surface area contributed by atoms with Crippen molar-refractivity contribution in [1.29, 1.82) is 0 Å². The van der Waals surface area contributed by atoms with Gasteiger partial charge < -0.3 is 5.32 Å². The van der Waals surface area contributed by atoms with Crippen LogP contribution in [0.2, 0.25) is 0 Å². The van der Waals surface area contributed by atoms with Crippen LogP contribution in [0, 0.1) is 5.92 Å². The van der Waals surface area contributed by atoms with Crippen molar-refractivity contribution in [3.8, 4) is 0 Å². The molecule has 0 aliphatic carbocycles. The van der Waals surface area contributed by atoms with Gasteiger partial charge in [-0.25, -0.2) is 5.06 Å². The molecular weight excluding hydrogens is 192 g/mol. The van der Waals surface area contributed by atoms with E-state index in [2.05, 4.69) is 19.2 Å². The van der Waals surface area contributed by atoms with E-state index in [-0.39, 0.29) is 18.1 Å². The van der Waals surface area contributed by atoms with Gasteiger partial charge in [-0.2, -0.15) is 0 Å². The Kier molecular flexibility index (Phi) is 3.26. The summed E-state index contributed by atoms with van der Waals surface area (Å²) in [4.78, 5) is 17.5. The first-order chi connectivity index (χ1) is 7.18. The Hall–Kier alpha value is -0.610. The maximum absolute atomic E-state index is 11.8. The van der Waals surface area contributed by atoms with E-state index in [1.807, 2.05) is 0 Å². The zero-order chi connectivity index (χ0) is 10.8. The summed E-state index contributed by atoms with van der Waals surface area (Å²) in [5.74, 6) is 0.567. The van der Waals surface area contributed by atoms with Gasteiger partial charge in [-0.3, -0.25) is 9.63 Å². The number of carbonyl (C=O) groups excluding carboxylic acids is 1. The van der Waals surface area contributed by atoms with Crippen LogP contribution in [0.3, 0.4) is 0 Å². The van der Waals surface area contributed by atoms with Crippen LogP contribution in [0.4, 0.5) is 0 Å². The molecule has 15 heavy (non-hydrogen) atoms. The highest BCUT2D eigenvalue weighted by Gasteiger charge is 2.37. The summed E-state index contributed by atoms with van der Waals surface area (Å²) in [5.41, 5.74) is 0. The topological polar surface area (TPSA) is 41.6 Å². The lowest BCUT2D eigenvalue weighted by Crippen LogP contribution is -2.46. The molecule has 4 nitrogen and oxygen atoms in total. The van der Waals surface area contributed by atoms with E-state index in [4.69, 9.17) is 4.84 Å². The first-order valence-corrected chi connectivity index (χ1v) is 5.88. The van der Waals surface area contributed by atoms with Crippen molar-refractivity contribution in [2.45, 2.75) is 45.3 Å². The third kappa shape index (κ3) is 2.32. The second-order valence-electron chi connectivity index (χ2n) is 4.81. The normalized spacial score (nSPS) is 32.7. The fraction of sp³-hybridized carbons (Fsp3) is 0.909. The molecule has 2 saturated heterocycles. The van der Waals surface area contributed by atoms with Crippen LogP contribution in [0.15, 0.2) is 0 Å². The molecule has 4 heteroatoms. The number of carbonyl (C=O) groups is 1. The van der Waals surface area contributed by atoms with Gasteiger partial charge in [-0.05, 0) is 25.3 Å². The number of hydrogen-bond acceptors (Lipinski definition) is 3. The Morgan fingerprint density at radius 3 is 2.87 bits per heavy atom. The predicted molar refractivity (Wildman–Crippen MR) is 57.1 cm³/mol. The molecule has 2 aliphatic heterocycles. The van der Waals surface area contributed by atoms with E-state index in [1.165, 1.54) is 0 Å². The van der Waals surface area contributed by atoms with Gasteiger partial charge in [0.25, 0.3) is 0 Å². The van der Waals surface area contributed by atoms with Gasteiger partial charge in [0.15, 0.2) is 0 Å². The Morgan fingerprint density at radius 2 is 2.33 bits per heavy atom. The van der Waals surface area contributed by atoms with E-state index in [1.54, 1.807) is 5.06 Å². The Morgan fingerprint density at radius 1 is 1.53 bits per heavy atom. The summed E-state index contributed by atoms with van der Waals surface area (Å²) in [7, 11) is 0. The zero-order valence-corrected chi connectivity index (χ0v) is 9.53. The summed E-state index contributed by atoms with van der Waals surface area (Å²) >= 11 is 0. The molecule has 0 saturated carbocycles. The maximum atomic E-state index is 11.8. The monoisotopic (exact) mass is 212 g/mol.